The number of allylic oxidation sites excluding steroid dienone is 4. The van der Waals surface area contributed by atoms with Crippen LogP contribution >= 0.6 is 0 Å². The summed E-state index contributed by atoms with van der Waals surface area (Å²) in [5.41, 5.74) is 0. The third-order valence-corrected chi connectivity index (χ3v) is 17.4. The molecule has 0 N–H and O–H groups in total. The molecule has 0 spiro atoms. The van der Waals surface area contributed by atoms with Gasteiger partial charge in [0, 0.05) is 19.3 Å². The number of carbonyl (C=O) groups excluding carboxylic acids is 3. The van der Waals surface area contributed by atoms with E-state index >= 15 is 0 Å². The number of esters is 3. The lowest BCUT2D eigenvalue weighted by Crippen LogP contribution is -2.30. The van der Waals surface area contributed by atoms with E-state index in [1.165, 1.54) is 321 Å². The third kappa shape index (κ3) is 70.5. The van der Waals surface area contributed by atoms with Crippen LogP contribution in [0.1, 0.15) is 432 Å². The van der Waals surface area contributed by atoms with Crippen molar-refractivity contribution in [2.75, 3.05) is 13.2 Å². The number of carbonyl (C=O) groups is 3. The molecule has 6 nitrogen and oxygen atoms in total. The molecule has 0 rings (SSSR count). The summed E-state index contributed by atoms with van der Waals surface area (Å²) >= 11 is 0. The fraction of sp³-hybridized carbons (Fsp3) is 0.909. The van der Waals surface area contributed by atoms with Crippen molar-refractivity contribution in [1.29, 1.82) is 0 Å². The van der Waals surface area contributed by atoms with E-state index in [9.17, 15) is 14.4 Å². The maximum Gasteiger partial charge on any atom is 0.306 e. The minimum atomic E-state index is -0.771. The highest BCUT2D eigenvalue weighted by Crippen LogP contribution is 2.19. The van der Waals surface area contributed by atoms with Crippen LogP contribution in [0.3, 0.4) is 0 Å². The van der Waals surface area contributed by atoms with Crippen molar-refractivity contribution in [1.82, 2.24) is 0 Å². The largest absolute Gasteiger partial charge is 0.462 e. The molecule has 0 aliphatic rings. The molecule has 0 aliphatic heterocycles. The third-order valence-electron chi connectivity index (χ3n) is 17.4. The minimum Gasteiger partial charge on any atom is -0.462 e. The number of hydrogen-bond acceptors (Lipinski definition) is 6. The molecule has 6 heteroatoms. The summed E-state index contributed by atoms with van der Waals surface area (Å²) in [6.45, 7) is 6.66. The second-order valence-corrected chi connectivity index (χ2v) is 25.9. The summed E-state index contributed by atoms with van der Waals surface area (Å²) < 4.78 is 17.0. The zero-order valence-corrected chi connectivity index (χ0v) is 56.5. The van der Waals surface area contributed by atoms with Crippen molar-refractivity contribution in [2.45, 2.75) is 438 Å². The Morgan fingerprint density at radius 1 is 0.229 bits per heavy atom. The van der Waals surface area contributed by atoms with Crippen molar-refractivity contribution in [2.24, 2.45) is 0 Å². The summed E-state index contributed by atoms with van der Waals surface area (Å²) in [6, 6.07) is 0. The Bertz CT molecular complexity index is 1340. The number of rotatable bonds is 71. The second-order valence-electron chi connectivity index (χ2n) is 25.9. The van der Waals surface area contributed by atoms with Gasteiger partial charge in [0.1, 0.15) is 13.2 Å². The predicted molar refractivity (Wildman–Crippen MR) is 363 cm³/mol. The SMILES string of the molecule is CCC/C=C\CCCCCCCC(=O)OCC(COC(=O)CCCCCCCCCCCCCCCCCCC/C=C\CCCCCCCCCC)OC(=O)CCCCCCCCCCCCCCCCCCCCCCCCCCCC. The van der Waals surface area contributed by atoms with E-state index in [-0.39, 0.29) is 31.1 Å². The van der Waals surface area contributed by atoms with E-state index in [0.717, 1.165) is 70.6 Å². The van der Waals surface area contributed by atoms with Crippen LogP contribution in [0.15, 0.2) is 24.3 Å². The molecule has 1 unspecified atom stereocenters. The van der Waals surface area contributed by atoms with Crippen LogP contribution in [0.25, 0.3) is 0 Å². The summed E-state index contributed by atoms with van der Waals surface area (Å²) in [7, 11) is 0. The van der Waals surface area contributed by atoms with Crippen molar-refractivity contribution in [3.8, 4) is 0 Å². The first-order valence-corrected chi connectivity index (χ1v) is 37.8. The predicted octanol–water partition coefficient (Wildman–Crippen LogP) is 26.1. The van der Waals surface area contributed by atoms with Gasteiger partial charge in [-0.05, 0) is 64.2 Å². The summed E-state index contributed by atoms with van der Waals surface area (Å²) in [5, 5.41) is 0. The van der Waals surface area contributed by atoms with Gasteiger partial charge in [-0.1, -0.05) is 373 Å². The molecular formula is C77H146O6. The lowest BCUT2D eigenvalue weighted by Gasteiger charge is -2.18. The zero-order chi connectivity index (χ0) is 59.9. The van der Waals surface area contributed by atoms with Gasteiger partial charge in [-0.15, -0.1) is 0 Å². The Labute approximate surface area is 519 Å². The monoisotopic (exact) mass is 1170 g/mol. The molecule has 0 aliphatic carbocycles. The topological polar surface area (TPSA) is 78.9 Å². The quantitative estimate of drug-likeness (QED) is 0.0261. The Morgan fingerprint density at radius 2 is 0.422 bits per heavy atom. The Hall–Kier alpha value is -2.11. The van der Waals surface area contributed by atoms with Gasteiger partial charge in [-0.2, -0.15) is 0 Å². The van der Waals surface area contributed by atoms with Gasteiger partial charge in [-0.3, -0.25) is 14.4 Å². The van der Waals surface area contributed by atoms with Crippen LogP contribution in [0.4, 0.5) is 0 Å². The first-order valence-electron chi connectivity index (χ1n) is 37.8. The normalized spacial score (nSPS) is 12.1. The van der Waals surface area contributed by atoms with Gasteiger partial charge >= 0.3 is 17.9 Å². The molecule has 0 heterocycles. The van der Waals surface area contributed by atoms with E-state index in [0.29, 0.717) is 19.3 Å². The minimum absolute atomic E-state index is 0.0677. The standard InChI is InChI=1S/C77H146O6/c1-4-7-10-13-16-19-22-24-26-28-30-32-34-36-38-39-40-42-43-45-47-49-51-53-55-58-61-64-67-70-76(79)82-73-74(72-81-75(78)69-66-63-60-57-21-18-15-12-9-6-3)83-77(80)71-68-65-62-59-56-54-52-50-48-46-44-41-37-35-33-31-29-27-25-23-20-17-14-11-8-5-2/h12,15,28,30,74H,4-11,13-14,16-27,29,31-73H2,1-3H3/b15-12-,30-28-. The van der Waals surface area contributed by atoms with E-state index in [4.69, 9.17) is 14.2 Å². The van der Waals surface area contributed by atoms with Crippen LogP contribution in [-0.4, -0.2) is 37.2 Å². The van der Waals surface area contributed by atoms with Crippen molar-refractivity contribution >= 4 is 17.9 Å². The molecule has 0 aromatic rings. The lowest BCUT2D eigenvalue weighted by molar-refractivity contribution is -0.167. The Kier molecular flexibility index (Phi) is 70.5. The fourth-order valence-electron chi connectivity index (χ4n) is 11.7. The van der Waals surface area contributed by atoms with E-state index in [1.807, 2.05) is 0 Å². The highest BCUT2D eigenvalue weighted by Gasteiger charge is 2.20. The molecule has 0 amide bonds. The van der Waals surface area contributed by atoms with E-state index in [1.54, 1.807) is 0 Å². The Balaban J connectivity index is 4.08. The summed E-state index contributed by atoms with van der Waals surface area (Å²) in [4.78, 5) is 38.4. The molecule has 83 heavy (non-hydrogen) atoms. The average molecular weight is 1170 g/mol. The molecule has 0 fully saturated rings. The summed E-state index contributed by atoms with van der Waals surface area (Å²) in [6.07, 6.45) is 89.7. The molecule has 490 valence electrons. The van der Waals surface area contributed by atoms with E-state index < -0.39 is 6.10 Å². The van der Waals surface area contributed by atoms with Gasteiger partial charge in [0.2, 0.25) is 0 Å². The van der Waals surface area contributed by atoms with Gasteiger partial charge < -0.3 is 14.2 Å². The molecule has 0 aromatic carbocycles. The van der Waals surface area contributed by atoms with E-state index in [2.05, 4.69) is 45.1 Å². The van der Waals surface area contributed by atoms with Crippen molar-refractivity contribution in [3.05, 3.63) is 24.3 Å². The maximum atomic E-state index is 13.0. The van der Waals surface area contributed by atoms with Crippen molar-refractivity contribution < 1.29 is 28.6 Å². The van der Waals surface area contributed by atoms with Crippen molar-refractivity contribution in [3.63, 3.8) is 0 Å². The first-order chi connectivity index (χ1) is 41.0. The number of unbranched alkanes of at least 4 members (excludes halogenated alkanes) is 56. The second kappa shape index (κ2) is 72.4. The zero-order valence-electron chi connectivity index (χ0n) is 56.5. The Morgan fingerprint density at radius 3 is 0.651 bits per heavy atom. The highest BCUT2D eigenvalue weighted by molar-refractivity contribution is 5.71. The van der Waals surface area contributed by atoms with Gasteiger partial charge in [0.05, 0.1) is 0 Å². The smallest absolute Gasteiger partial charge is 0.306 e. The number of ether oxygens (including phenoxy) is 3. The van der Waals surface area contributed by atoms with Crippen LogP contribution in [-0.2, 0) is 28.6 Å². The highest BCUT2D eigenvalue weighted by atomic mass is 16.6. The molecule has 0 saturated heterocycles. The average Bonchev–Trinajstić information content (AvgIpc) is 3.48. The molecule has 1 atom stereocenters. The maximum absolute atomic E-state index is 13.0. The van der Waals surface area contributed by atoms with Crippen LogP contribution in [0, 0.1) is 0 Å². The molecule has 0 bridgehead atoms. The van der Waals surface area contributed by atoms with Gasteiger partial charge in [0.25, 0.3) is 0 Å². The van der Waals surface area contributed by atoms with Crippen LogP contribution < -0.4 is 0 Å². The van der Waals surface area contributed by atoms with Crippen LogP contribution in [0.5, 0.6) is 0 Å². The first kappa shape index (κ1) is 80.9. The van der Waals surface area contributed by atoms with Gasteiger partial charge in [-0.25, -0.2) is 0 Å². The number of hydrogen-bond donors (Lipinski definition) is 0. The molecular weight excluding hydrogens is 1020 g/mol. The molecule has 0 saturated carbocycles. The molecule has 0 aromatic heterocycles. The summed E-state index contributed by atoms with van der Waals surface area (Å²) in [5.74, 6) is -0.846. The molecule has 0 radical (unpaired) electrons. The lowest BCUT2D eigenvalue weighted by atomic mass is 10.0. The van der Waals surface area contributed by atoms with Crippen LogP contribution in [0.2, 0.25) is 0 Å². The fourth-order valence-corrected chi connectivity index (χ4v) is 11.7. The van der Waals surface area contributed by atoms with Gasteiger partial charge in [0.15, 0.2) is 6.10 Å².